The molecule has 0 bridgehead atoms. The van der Waals surface area contributed by atoms with E-state index in [0.29, 0.717) is 17.4 Å². The smallest absolute Gasteiger partial charge is 0.327 e. The van der Waals surface area contributed by atoms with Crippen LogP contribution in [0.15, 0.2) is 62.7 Å². The number of H-pyrrole nitrogens is 1. The van der Waals surface area contributed by atoms with Crippen molar-refractivity contribution in [1.29, 1.82) is 0 Å². The van der Waals surface area contributed by atoms with E-state index in [1.165, 1.54) is 22.4 Å². The third-order valence-corrected chi connectivity index (χ3v) is 7.22. The fraction of sp³-hybridized carbons (Fsp3) is 0.238. The minimum absolute atomic E-state index is 0.300. The van der Waals surface area contributed by atoms with E-state index in [0.717, 1.165) is 39.6 Å². The molecule has 5 heterocycles. The van der Waals surface area contributed by atoms with E-state index >= 15 is 0 Å². The van der Waals surface area contributed by atoms with Crippen molar-refractivity contribution >= 4 is 29.1 Å². The lowest BCUT2D eigenvalue weighted by Gasteiger charge is -2.14. The Morgan fingerprint density at radius 1 is 1.32 bits per heavy atom. The molecule has 8 nitrogen and oxygen atoms in total. The summed E-state index contributed by atoms with van der Waals surface area (Å²) in [5.74, 6) is 0.328. The van der Waals surface area contributed by atoms with Crippen LogP contribution in [0.5, 0.6) is 0 Å². The average Bonchev–Trinajstić information content (AvgIpc) is 3.32. The molecule has 10 heteroatoms. The largest absolute Gasteiger partial charge is 0.480 e. The van der Waals surface area contributed by atoms with E-state index in [9.17, 15) is 14.7 Å². The number of nitrogens with zero attached hydrogens (tertiary/aromatic N) is 3. The van der Waals surface area contributed by atoms with Crippen molar-refractivity contribution in [1.82, 2.24) is 19.7 Å². The summed E-state index contributed by atoms with van der Waals surface area (Å²) < 4.78 is 7.00. The Labute approximate surface area is 184 Å². The molecule has 4 aromatic rings. The minimum Gasteiger partial charge on any atom is -0.480 e. The number of fused-ring (bicyclic) bond motifs is 1. The molecule has 1 aliphatic heterocycles. The maximum atomic E-state index is 12.7. The molecule has 0 spiro atoms. The molecule has 0 radical (unpaired) electrons. The van der Waals surface area contributed by atoms with E-state index in [-0.39, 0.29) is 5.56 Å². The summed E-state index contributed by atoms with van der Waals surface area (Å²) in [7, 11) is 0. The number of carboxylic acids is 1. The number of aromatic amines is 1. The van der Waals surface area contributed by atoms with Gasteiger partial charge in [0.1, 0.15) is 11.7 Å². The van der Waals surface area contributed by atoms with Crippen LogP contribution in [0.2, 0.25) is 0 Å². The van der Waals surface area contributed by atoms with E-state index in [1.807, 2.05) is 23.6 Å². The number of pyridine rings is 1. The first-order chi connectivity index (χ1) is 15.1. The number of hydrogen-bond donors (Lipinski definition) is 2. The standard InChI is InChI=1S/C18H14N2O4S2.C3H4N2/c21-15-6-10(13-7-11(19-24-13)14-2-1-5-25-14)16(9-3-4-9)17-20(15)12(8-26-17)18(22)23;1-2-5-3-4-1/h1-2,5-7,9,12H,3-4,8H2,(H,22,23);1-3H,(H,4,5). The first kappa shape index (κ1) is 19.8. The predicted octanol–water partition coefficient (Wildman–Crippen LogP) is 4.25. The zero-order valence-electron chi connectivity index (χ0n) is 16.2. The molecule has 1 unspecified atom stereocenters. The summed E-state index contributed by atoms with van der Waals surface area (Å²) in [5.41, 5.74) is 2.23. The molecule has 1 fully saturated rings. The number of nitrogens with one attached hydrogen (secondary N) is 1. The van der Waals surface area contributed by atoms with Gasteiger partial charge in [-0.2, -0.15) is 0 Å². The molecule has 158 valence electrons. The Hall–Kier alpha value is -3.11. The summed E-state index contributed by atoms with van der Waals surface area (Å²) in [6.45, 7) is 0. The topological polar surface area (TPSA) is 114 Å². The summed E-state index contributed by atoms with van der Waals surface area (Å²) >= 11 is 3.03. The lowest BCUT2D eigenvalue weighted by molar-refractivity contribution is -0.140. The van der Waals surface area contributed by atoms with Gasteiger partial charge in [-0.05, 0) is 35.8 Å². The molecule has 0 aromatic carbocycles. The van der Waals surface area contributed by atoms with Crippen molar-refractivity contribution in [2.75, 3.05) is 5.75 Å². The molecule has 2 aliphatic rings. The van der Waals surface area contributed by atoms with Crippen molar-refractivity contribution < 1.29 is 14.4 Å². The molecule has 31 heavy (non-hydrogen) atoms. The average molecular weight is 455 g/mol. The number of aromatic nitrogens is 4. The van der Waals surface area contributed by atoms with E-state index in [2.05, 4.69) is 15.1 Å². The summed E-state index contributed by atoms with van der Waals surface area (Å²) in [6.07, 6.45) is 7.17. The van der Waals surface area contributed by atoms with Crippen LogP contribution in [0, 0.1) is 0 Å². The van der Waals surface area contributed by atoms with E-state index < -0.39 is 12.0 Å². The molecule has 1 saturated carbocycles. The van der Waals surface area contributed by atoms with Crippen LogP contribution < -0.4 is 5.56 Å². The Balaban J connectivity index is 0.000000361. The molecular weight excluding hydrogens is 436 g/mol. The van der Waals surface area contributed by atoms with Crippen LogP contribution in [-0.2, 0) is 4.79 Å². The number of rotatable bonds is 4. The number of carbonyl (C=O) groups is 1. The molecule has 6 rings (SSSR count). The molecule has 0 amide bonds. The van der Waals surface area contributed by atoms with Gasteiger partial charge in [0, 0.05) is 35.8 Å². The van der Waals surface area contributed by atoms with Gasteiger partial charge in [-0.3, -0.25) is 9.36 Å². The van der Waals surface area contributed by atoms with Crippen LogP contribution in [0.3, 0.4) is 0 Å². The van der Waals surface area contributed by atoms with Crippen molar-refractivity contribution in [2.45, 2.75) is 29.8 Å². The number of carboxylic acid groups (broad SMARTS) is 1. The van der Waals surface area contributed by atoms with Crippen LogP contribution in [-0.4, -0.2) is 36.5 Å². The molecular formula is C21H18N4O4S2. The zero-order chi connectivity index (χ0) is 21.4. The number of aliphatic carboxylic acids is 1. The Kier molecular flexibility index (Phi) is 5.24. The van der Waals surface area contributed by atoms with Crippen molar-refractivity contribution in [3.63, 3.8) is 0 Å². The first-order valence-corrected chi connectivity index (χ1v) is 11.6. The Bertz CT molecular complexity index is 1240. The lowest BCUT2D eigenvalue weighted by atomic mass is 10.0. The summed E-state index contributed by atoms with van der Waals surface area (Å²) in [5, 5.41) is 16.3. The van der Waals surface area contributed by atoms with Crippen LogP contribution in [0.1, 0.15) is 30.4 Å². The molecule has 1 atom stereocenters. The lowest BCUT2D eigenvalue weighted by Crippen LogP contribution is -2.29. The van der Waals surface area contributed by atoms with Crippen molar-refractivity contribution in [2.24, 2.45) is 0 Å². The third kappa shape index (κ3) is 3.84. The minimum atomic E-state index is -0.965. The maximum Gasteiger partial charge on any atom is 0.327 e. The van der Waals surface area contributed by atoms with Gasteiger partial charge < -0.3 is 14.6 Å². The van der Waals surface area contributed by atoms with Gasteiger partial charge in [0.15, 0.2) is 5.76 Å². The summed E-state index contributed by atoms with van der Waals surface area (Å²) in [6, 6.07) is 6.49. The second-order valence-corrected chi connectivity index (χ2v) is 9.20. The van der Waals surface area contributed by atoms with Gasteiger partial charge in [-0.15, -0.1) is 23.1 Å². The number of imidazole rings is 1. The highest BCUT2D eigenvalue weighted by Gasteiger charge is 2.38. The van der Waals surface area contributed by atoms with E-state index in [4.69, 9.17) is 4.52 Å². The van der Waals surface area contributed by atoms with Gasteiger partial charge in [-0.1, -0.05) is 11.2 Å². The van der Waals surface area contributed by atoms with Crippen molar-refractivity contribution in [3.8, 4) is 21.9 Å². The molecule has 4 aromatic heterocycles. The quantitative estimate of drug-likeness (QED) is 0.474. The predicted molar refractivity (Wildman–Crippen MR) is 117 cm³/mol. The van der Waals surface area contributed by atoms with Gasteiger partial charge in [0.25, 0.3) is 5.56 Å². The van der Waals surface area contributed by atoms with Gasteiger partial charge in [0.2, 0.25) is 0 Å². The maximum absolute atomic E-state index is 12.7. The molecule has 1 aliphatic carbocycles. The van der Waals surface area contributed by atoms with E-state index in [1.54, 1.807) is 30.1 Å². The zero-order valence-corrected chi connectivity index (χ0v) is 17.9. The first-order valence-electron chi connectivity index (χ1n) is 9.72. The highest BCUT2D eigenvalue weighted by atomic mass is 32.2. The van der Waals surface area contributed by atoms with Crippen molar-refractivity contribution in [3.05, 3.63) is 64.3 Å². The fourth-order valence-electron chi connectivity index (χ4n) is 3.60. The highest BCUT2D eigenvalue weighted by molar-refractivity contribution is 7.99. The molecule has 0 saturated heterocycles. The monoisotopic (exact) mass is 454 g/mol. The Morgan fingerprint density at radius 2 is 2.19 bits per heavy atom. The number of hydrogen-bond acceptors (Lipinski definition) is 7. The normalized spacial score (nSPS) is 17.1. The highest BCUT2D eigenvalue weighted by Crippen LogP contribution is 2.50. The second kappa shape index (κ2) is 8.20. The van der Waals surface area contributed by atoms with Crippen LogP contribution in [0.4, 0.5) is 0 Å². The SMILES string of the molecule is O=C(O)C1CSc2c(C3CC3)c(-c3cc(-c4cccs4)no3)cc(=O)n21.c1c[nH]cn1. The Morgan fingerprint density at radius 3 is 2.81 bits per heavy atom. The fourth-order valence-corrected chi connectivity index (χ4v) is 5.67. The third-order valence-electron chi connectivity index (χ3n) is 5.16. The number of thioether (sulfide) groups is 1. The summed E-state index contributed by atoms with van der Waals surface area (Å²) in [4.78, 5) is 31.6. The van der Waals surface area contributed by atoms with Crippen LogP contribution in [0.25, 0.3) is 21.9 Å². The van der Waals surface area contributed by atoms with Crippen LogP contribution >= 0.6 is 23.1 Å². The molecule has 2 N–H and O–H groups in total. The number of thiophene rings is 1. The van der Waals surface area contributed by atoms with Gasteiger partial charge in [0.05, 0.1) is 16.2 Å². The second-order valence-electron chi connectivity index (χ2n) is 7.24. The van der Waals surface area contributed by atoms with Gasteiger partial charge >= 0.3 is 5.97 Å². The van der Waals surface area contributed by atoms with Gasteiger partial charge in [-0.25, -0.2) is 9.78 Å².